The van der Waals surface area contributed by atoms with Gasteiger partial charge in [0.25, 0.3) is 5.91 Å². The van der Waals surface area contributed by atoms with Gasteiger partial charge in [0.2, 0.25) is 16.1 Å². The minimum Gasteiger partial charge on any atom is -0.497 e. The fourth-order valence-corrected chi connectivity index (χ4v) is 5.41. The van der Waals surface area contributed by atoms with E-state index in [1.807, 2.05) is 0 Å². The smallest absolute Gasteiger partial charge is 0.339 e. The third kappa shape index (κ3) is 5.70. The van der Waals surface area contributed by atoms with Crippen LogP contribution in [-0.2, 0) is 19.6 Å². The van der Waals surface area contributed by atoms with Crippen LogP contribution >= 0.6 is 0 Å². The van der Waals surface area contributed by atoms with Crippen LogP contribution in [0.5, 0.6) is 5.75 Å². The molecule has 4 rings (SSSR count). The number of sulfonamides is 1. The van der Waals surface area contributed by atoms with Crippen molar-refractivity contribution in [3.63, 3.8) is 0 Å². The summed E-state index contributed by atoms with van der Waals surface area (Å²) in [5, 5.41) is 2.75. The number of nitrogens with one attached hydrogen (secondary N) is 1. The van der Waals surface area contributed by atoms with Crippen LogP contribution in [0.1, 0.15) is 34.9 Å². The molecule has 0 aromatic heterocycles. The highest BCUT2D eigenvalue weighted by atomic mass is 32.2. The van der Waals surface area contributed by atoms with E-state index in [2.05, 4.69) is 5.32 Å². The summed E-state index contributed by atoms with van der Waals surface area (Å²) in [7, 11) is -2.18. The molecule has 1 aliphatic heterocycles. The molecule has 8 nitrogen and oxygen atoms in total. The highest BCUT2D eigenvalue weighted by Gasteiger charge is 2.29. The van der Waals surface area contributed by atoms with Crippen LogP contribution in [0.4, 0.5) is 5.69 Å². The normalized spacial score (nSPS) is 14.8. The summed E-state index contributed by atoms with van der Waals surface area (Å²) in [6.07, 6.45) is 0.360. The number of nitrogens with zero attached hydrogens (tertiary/aromatic N) is 1. The van der Waals surface area contributed by atoms with Gasteiger partial charge in [0.15, 0.2) is 0 Å². The number of anilines is 1. The molecule has 3 aromatic rings. The minimum atomic E-state index is -3.70. The van der Waals surface area contributed by atoms with E-state index < -0.39 is 28.0 Å². The van der Waals surface area contributed by atoms with Crippen molar-refractivity contribution in [1.82, 2.24) is 4.31 Å². The van der Waals surface area contributed by atoms with Gasteiger partial charge < -0.3 is 14.8 Å². The lowest BCUT2D eigenvalue weighted by atomic mass is 10.1. The van der Waals surface area contributed by atoms with E-state index in [0.717, 1.165) is 12.8 Å². The minimum absolute atomic E-state index is 0.0194. The molecule has 1 atom stereocenters. The van der Waals surface area contributed by atoms with Gasteiger partial charge >= 0.3 is 5.97 Å². The van der Waals surface area contributed by atoms with Crippen molar-refractivity contribution in [2.45, 2.75) is 23.8 Å². The molecule has 0 saturated carbocycles. The zero-order valence-corrected chi connectivity index (χ0v) is 20.0. The standard InChI is InChI=1S/C26H26N2O6S/c1-33-22-13-8-12-21(18-22)27-25(29)24(19-9-3-2-4-10-19)34-26(30)20-11-7-14-23(17-20)35(31,32)28-15-5-6-16-28/h2-4,7-14,17-18,24H,5-6,15-16H2,1H3,(H,27,29)/t24-/m0/s1. The number of carbonyl (C=O) groups is 2. The number of hydrogen-bond donors (Lipinski definition) is 1. The number of methoxy groups -OCH3 is 1. The molecule has 0 spiro atoms. The predicted molar refractivity (Wildman–Crippen MR) is 131 cm³/mol. The van der Waals surface area contributed by atoms with E-state index in [1.54, 1.807) is 54.6 Å². The number of amides is 1. The summed E-state index contributed by atoms with van der Waals surface area (Å²) in [6, 6.07) is 21.1. The quantitative estimate of drug-likeness (QED) is 0.475. The number of rotatable bonds is 8. The van der Waals surface area contributed by atoms with Crippen LogP contribution in [0, 0.1) is 0 Å². The van der Waals surface area contributed by atoms with Crippen molar-refractivity contribution >= 4 is 27.6 Å². The second-order valence-corrected chi connectivity index (χ2v) is 9.99. The van der Waals surface area contributed by atoms with E-state index in [0.29, 0.717) is 30.1 Å². The van der Waals surface area contributed by atoms with Crippen LogP contribution in [0.2, 0.25) is 0 Å². The Labute approximate surface area is 204 Å². The molecule has 0 unspecified atom stereocenters. The highest BCUT2D eigenvalue weighted by molar-refractivity contribution is 7.89. The summed E-state index contributed by atoms with van der Waals surface area (Å²) >= 11 is 0. The first kappa shape index (κ1) is 24.4. The second kappa shape index (κ2) is 10.7. The zero-order valence-electron chi connectivity index (χ0n) is 19.2. The number of hydrogen-bond acceptors (Lipinski definition) is 6. The maximum absolute atomic E-state index is 13.1. The lowest BCUT2D eigenvalue weighted by molar-refractivity contribution is -0.125. The molecule has 182 valence electrons. The molecule has 1 N–H and O–H groups in total. The van der Waals surface area contributed by atoms with Crippen LogP contribution in [0.25, 0.3) is 0 Å². The lowest BCUT2D eigenvalue weighted by Gasteiger charge is -2.19. The number of benzene rings is 3. The van der Waals surface area contributed by atoms with Crippen LogP contribution in [0.3, 0.4) is 0 Å². The fourth-order valence-electron chi connectivity index (χ4n) is 3.85. The Morgan fingerprint density at radius 3 is 2.34 bits per heavy atom. The number of esters is 1. The lowest BCUT2D eigenvalue weighted by Crippen LogP contribution is -2.28. The van der Waals surface area contributed by atoms with Gasteiger partial charge in [-0.1, -0.05) is 42.5 Å². The molecule has 1 amide bonds. The first-order valence-corrected chi connectivity index (χ1v) is 12.6. The average molecular weight is 495 g/mol. The molecule has 0 aliphatic carbocycles. The summed E-state index contributed by atoms with van der Waals surface area (Å²) in [4.78, 5) is 26.2. The van der Waals surface area contributed by atoms with Gasteiger partial charge in [-0.2, -0.15) is 4.31 Å². The van der Waals surface area contributed by atoms with E-state index in [1.165, 1.54) is 35.7 Å². The topological polar surface area (TPSA) is 102 Å². The zero-order chi connectivity index (χ0) is 24.8. The Bertz CT molecular complexity index is 1300. The molecule has 9 heteroatoms. The number of carbonyl (C=O) groups excluding carboxylic acids is 2. The second-order valence-electron chi connectivity index (χ2n) is 8.06. The van der Waals surface area contributed by atoms with Crippen molar-refractivity contribution in [3.8, 4) is 5.75 Å². The van der Waals surface area contributed by atoms with E-state index >= 15 is 0 Å². The maximum Gasteiger partial charge on any atom is 0.339 e. The largest absolute Gasteiger partial charge is 0.497 e. The van der Waals surface area contributed by atoms with E-state index in [9.17, 15) is 18.0 Å². The molecular weight excluding hydrogens is 468 g/mol. The van der Waals surface area contributed by atoms with Gasteiger partial charge in [-0.25, -0.2) is 13.2 Å². The number of ether oxygens (including phenoxy) is 2. The third-order valence-electron chi connectivity index (χ3n) is 5.68. The Morgan fingerprint density at radius 2 is 1.63 bits per heavy atom. The van der Waals surface area contributed by atoms with Crippen molar-refractivity contribution in [2.24, 2.45) is 0 Å². The summed E-state index contributed by atoms with van der Waals surface area (Å²) in [6.45, 7) is 0.912. The molecule has 3 aromatic carbocycles. The first-order valence-electron chi connectivity index (χ1n) is 11.2. The molecule has 0 radical (unpaired) electrons. The maximum atomic E-state index is 13.1. The average Bonchev–Trinajstić information content (AvgIpc) is 3.44. The van der Waals surface area contributed by atoms with Crippen molar-refractivity contribution in [1.29, 1.82) is 0 Å². The van der Waals surface area contributed by atoms with Crippen molar-refractivity contribution < 1.29 is 27.5 Å². The van der Waals surface area contributed by atoms with Gasteiger partial charge in [0.1, 0.15) is 5.75 Å². The highest BCUT2D eigenvalue weighted by Crippen LogP contribution is 2.25. The van der Waals surface area contributed by atoms with Gasteiger partial charge in [0.05, 0.1) is 17.6 Å². The van der Waals surface area contributed by atoms with Crippen LogP contribution in [-0.4, -0.2) is 44.8 Å². The summed E-state index contributed by atoms with van der Waals surface area (Å²) in [5.74, 6) is -0.802. The van der Waals surface area contributed by atoms with Crippen LogP contribution in [0.15, 0.2) is 83.8 Å². The molecule has 1 heterocycles. The van der Waals surface area contributed by atoms with E-state index in [4.69, 9.17) is 9.47 Å². The van der Waals surface area contributed by atoms with Gasteiger partial charge in [-0.05, 0) is 43.2 Å². The SMILES string of the molecule is COc1cccc(NC(=O)[C@@H](OC(=O)c2cccc(S(=O)(=O)N3CCCC3)c2)c2ccccc2)c1. The molecule has 1 fully saturated rings. The molecular formula is C26H26N2O6S. The molecule has 35 heavy (non-hydrogen) atoms. The molecule has 1 saturated heterocycles. The fraction of sp³-hybridized carbons (Fsp3) is 0.231. The monoisotopic (exact) mass is 494 g/mol. The van der Waals surface area contributed by atoms with Gasteiger partial charge in [-0.3, -0.25) is 4.79 Å². The van der Waals surface area contributed by atoms with Gasteiger partial charge in [-0.15, -0.1) is 0 Å². The summed E-state index contributed by atoms with van der Waals surface area (Å²) < 4.78 is 38.0. The first-order chi connectivity index (χ1) is 16.9. The Kier molecular flexibility index (Phi) is 7.48. The van der Waals surface area contributed by atoms with Crippen molar-refractivity contribution in [3.05, 3.63) is 90.0 Å². The van der Waals surface area contributed by atoms with Gasteiger partial charge in [0, 0.05) is 30.4 Å². The van der Waals surface area contributed by atoms with E-state index in [-0.39, 0.29) is 10.5 Å². The molecule has 0 bridgehead atoms. The van der Waals surface area contributed by atoms with Crippen molar-refractivity contribution in [2.75, 3.05) is 25.5 Å². The molecule has 1 aliphatic rings. The summed E-state index contributed by atoms with van der Waals surface area (Å²) in [5.41, 5.74) is 0.993. The Morgan fingerprint density at radius 1 is 0.914 bits per heavy atom. The van der Waals surface area contributed by atoms with Crippen LogP contribution < -0.4 is 10.1 Å². The third-order valence-corrected chi connectivity index (χ3v) is 7.57. The predicted octanol–water partition coefficient (Wildman–Crippen LogP) is 4.02. The Hall–Kier alpha value is -3.69. The Balaban J connectivity index is 1.58.